The highest BCUT2D eigenvalue weighted by molar-refractivity contribution is 5.93. The maximum absolute atomic E-state index is 12.3. The molecule has 1 aliphatic heterocycles. The average molecular weight is 315 g/mol. The number of fused-ring (bicyclic) bond motifs is 1. The van der Waals surface area contributed by atoms with Crippen LogP contribution in [0.2, 0.25) is 0 Å². The lowest BCUT2D eigenvalue weighted by atomic mass is 9.96. The molecule has 6 heteroatoms. The number of hydrogen-bond acceptors (Lipinski definition) is 5. The molecular weight excluding hydrogens is 298 g/mol. The lowest BCUT2D eigenvalue weighted by molar-refractivity contribution is -0.121. The molecule has 23 heavy (non-hydrogen) atoms. The zero-order valence-electron chi connectivity index (χ0n) is 12.6. The zero-order chi connectivity index (χ0) is 16.4. The Hall–Kier alpha value is -2.89. The summed E-state index contributed by atoms with van der Waals surface area (Å²) in [5, 5.41) is 21.6. The van der Waals surface area contributed by atoms with Gasteiger partial charge in [-0.1, -0.05) is 6.07 Å². The van der Waals surface area contributed by atoms with E-state index in [0.29, 0.717) is 17.9 Å². The second-order valence-corrected chi connectivity index (χ2v) is 5.41. The number of anilines is 1. The number of methoxy groups -OCH3 is 1. The van der Waals surface area contributed by atoms with Gasteiger partial charge in [0.1, 0.15) is 29.6 Å². The lowest BCUT2D eigenvalue weighted by Crippen LogP contribution is -2.32. The minimum Gasteiger partial charge on any atom is -0.508 e. The fraction of sp³-hybridized carbons (Fsp3) is 0.235. The number of nitrogens with one attached hydrogen (secondary N) is 1. The van der Waals surface area contributed by atoms with Gasteiger partial charge in [-0.2, -0.15) is 0 Å². The van der Waals surface area contributed by atoms with Crippen molar-refractivity contribution < 1.29 is 24.5 Å². The second-order valence-electron chi connectivity index (χ2n) is 5.41. The van der Waals surface area contributed by atoms with E-state index < -0.39 is 0 Å². The van der Waals surface area contributed by atoms with E-state index in [1.165, 1.54) is 18.2 Å². The first kappa shape index (κ1) is 15.0. The second kappa shape index (κ2) is 6.08. The van der Waals surface area contributed by atoms with Crippen LogP contribution in [0.15, 0.2) is 36.4 Å². The van der Waals surface area contributed by atoms with Crippen molar-refractivity contribution in [2.24, 2.45) is 5.92 Å². The summed E-state index contributed by atoms with van der Waals surface area (Å²) in [6.07, 6.45) is 0.552. The molecule has 1 aliphatic rings. The fourth-order valence-corrected chi connectivity index (χ4v) is 2.56. The molecule has 0 radical (unpaired) electrons. The Morgan fingerprint density at radius 2 is 1.96 bits per heavy atom. The van der Waals surface area contributed by atoms with Gasteiger partial charge in [0.15, 0.2) is 0 Å². The number of ether oxygens (including phenoxy) is 2. The fourth-order valence-electron chi connectivity index (χ4n) is 2.56. The van der Waals surface area contributed by atoms with Crippen LogP contribution in [-0.4, -0.2) is 29.8 Å². The van der Waals surface area contributed by atoms with E-state index >= 15 is 0 Å². The molecule has 6 nitrogen and oxygen atoms in total. The molecular formula is C17H17NO5. The van der Waals surface area contributed by atoms with E-state index in [1.807, 2.05) is 12.1 Å². The van der Waals surface area contributed by atoms with Gasteiger partial charge in [0, 0.05) is 30.0 Å². The minimum absolute atomic E-state index is 0.113. The number of carbonyl (C=O) groups is 1. The van der Waals surface area contributed by atoms with Gasteiger partial charge in [-0.05, 0) is 18.1 Å². The van der Waals surface area contributed by atoms with Crippen molar-refractivity contribution in [3.63, 3.8) is 0 Å². The largest absolute Gasteiger partial charge is 0.508 e. The SMILES string of the molecule is COc1ccc2c(c1)OCC(C(=O)Nc1cc(O)cc(O)c1)C2. The van der Waals surface area contributed by atoms with Gasteiger partial charge < -0.3 is 25.0 Å². The van der Waals surface area contributed by atoms with Crippen molar-refractivity contribution in [2.45, 2.75) is 6.42 Å². The van der Waals surface area contributed by atoms with Gasteiger partial charge in [-0.15, -0.1) is 0 Å². The highest BCUT2D eigenvalue weighted by Crippen LogP contribution is 2.32. The molecule has 0 aliphatic carbocycles. The lowest BCUT2D eigenvalue weighted by Gasteiger charge is -2.25. The maximum Gasteiger partial charge on any atom is 0.231 e. The van der Waals surface area contributed by atoms with Gasteiger partial charge >= 0.3 is 0 Å². The number of phenols is 2. The third-order valence-electron chi connectivity index (χ3n) is 3.72. The Morgan fingerprint density at radius 3 is 2.65 bits per heavy atom. The molecule has 2 aromatic carbocycles. The van der Waals surface area contributed by atoms with Crippen LogP contribution in [0.25, 0.3) is 0 Å². The summed E-state index contributed by atoms with van der Waals surface area (Å²) in [5.74, 6) is 0.636. The number of carbonyl (C=O) groups excluding carboxylic acids is 1. The molecule has 1 amide bonds. The normalized spacial score (nSPS) is 16.1. The van der Waals surface area contributed by atoms with Crippen LogP contribution in [0.4, 0.5) is 5.69 Å². The molecule has 1 heterocycles. The predicted molar refractivity (Wildman–Crippen MR) is 84.1 cm³/mol. The standard InChI is InChI=1S/C17H17NO5/c1-22-15-3-2-10-4-11(9-23-16(10)8-15)17(21)18-12-5-13(19)7-14(20)6-12/h2-3,5-8,11,19-20H,4,9H2,1H3,(H,18,21). The first-order valence-electron chi connectivity index (χ1n) is 7.19. The van der Waals surface area contributed by atoms with E-state index in [4.69, 9.17) is 9.47 Å². The Labute approximate surface area is 133 Å². The van der Waals surface area contributed by atoms with E-state index in [1.54, 1.807) is 13.2 Å². The van der Waals surface area contributed by atoms with Crippen molar-refractivity contribution in [1.29, 1.82) is 0 Å². The van der Waals surface area contributed by atoms with Crippen molar-refractivity contribution in [3.05, 3.63) is 42.0 Å². The van der Waals surface area contributed by atoms with Crippen LogP contribution in [0.5, 0.6) is 23.0 Å². The maximum atomic E-state index is 12.3. The third-order valence-corrected chi connectivity index (χ3v) is 3.72. The van der Waals surface area contributed by atoms with E-state index in [2.05, 4.69) is 5.32 Å². The molecule has 0 saturated carbocycles. The van der Waals surface area contributed by atoms with Crippen LogP contribution in [0, 0.1) is 5.92 Å². The van der Waals surface area contributed by atoms with Crippen molar-refractivity contribution in [1.82, 2.24) is 0 Å². The molecule has 2 aromatic rings. The van der Waals surface area contributed by atoms with Gasteiger partial charge in [-0.25, -0.2) is 0 Å². The van der Waals surface area contributed by atoms with Crippen LogP contribution in [0.3, 0.4) is 0 Å². The zero-order valence-corrected chi connectivity index (χ0v) is 12.6. The van der Waals surface area contributed by atoms with Crippen LogP contribution in [0.1, 0.15) is 5.56 Å². The smallest absolute Gasteiger partial charge is 0.231 e. The molecule has 120 valence electrons. The van der Waals surface area contributed by atoms with Crippen LogP contribution in [-0.2, 0) is 11.2 Å². The monoisotopic (exact) mass is 315 g/mol. The van der Waals surface area contributed by atoms with Gasteiger partial charge in [-0.3, -0.25) is 4.79 Å². The molecule has 1 atom stereocenters. The average Bonchev–Trinajstić information content (AvgIpc) is 2.52. The molecule has 0 bridgehead atoms. The summed E-state index contributed by atoms with van der Waals surface area (Å²) in [5.41, 5.74) is 1.28. The highest BCUT2D eigenvalue weighted by Gasteiger charge is 2.26. The van der Waals surface area contributed by atoms with Gasteiger partial charge in [0.05, 0.1) is 13.0 Å². The molecule has 1 unspecified atom stereocenters. The summed E-state index contributed by atoms with van der Waals surface area (Å²) < 4.78 is 10.8. The van der Waals surface area contributed by atoms with E-state index in [-0.39, 0.29) is 29.9 Å². The third kappa shape index (κ3) is 3.31. The summed E-state index contributed by atoms with van der Waals surface area (Å²) in [7, 11) is 1.59. The minimum atomic E-state index is -0.347. The van der Waals surface area contributed by atoms with Gasteiger partial charge in [0.2, 0.25) is 5.91 Å². The van der Waals surface area contributed by atoms with Crippen LogP contribution < -0.4 is 14.8 Å². The Bertz CT molecular complexity index is 724. The van der Waals surface area contributed by atoms with Crippen molar-refractivity contribution in [2.75, 3.05) is 19.0 Å². The first-order chi connectivity index (χ1) is 11.0. The Balaban J connectivity index is 1.71. The summed E-state index contributed by atoms with van der Waals surface area (Å²) in [4.78, 5) is 12.3. The molecule has 0 saturated heterocycles. The summed E-state index contributed by atoms with van der Waals surface area (Å²) in [6, 6.07) is 9.46. The molecule has 0 aromatic heterocycles. The number of rotatable bonds is 3. The number of hydrogen-bond donors (Lipinski definition) is 3. The number of benzene rings is 2. The Kier molecular flexibility index (Phi) is 3.97. The summed E-state index contributed by atoms with van der Waals surface area (Å²) >= 11 is 0. The highest BCUT2D eigenvalue weighted by atomic mass is 16.5. The molecule has 3 N–H and O–H groups in total. The molecule has 0 fully saturated rings. The molecule has 0 spiro atoms. The predicted octanol–water partition coefficient (Wildman–Crippen LogP) is 2.30. The van der Waals surface area contributed by atoms with E-state index in [0.717, 1.165) is 11.3 Å². The topological polar surface area (TPSA) is 88.0 Å². The quantitative estimate of drug-likeness (QED) is 0.809. The number of phenolic OH excluding ortho intramolecular Hbond substituents is 2. The number of aromatic hydroxyl groups is 2. The van der Waals surface area contributed by atoms with Crippen LogP contribution >= 0.6 is 0 Å². The van der Waals surface area contributed by atoms with Gasteiger partial charge in [0.25, 0.3) is 0 Å². The van der Waals surface area contributed by atoms with Crippen molar-refractivity contribution in [3.8, 4) is 23.0 Å². The summed E-state index contributed by atoms with van der Waals surface area (Å²) in [6.45, 7) is 0.261. The van der Waals surface area contributed by atoms with Crippen molar-refractivity contribution >= 4 is 11.6 Å². The van der Waals surface area contributed by atoms with E-state index in [9.17, 15) is 15.0 Å². The Morgan fingerprint density at radius 1 is 1.22 bits per heavy atom. The first-order valence-corrected chi connectivity index (χ1v) is 7.19. The molecule has 3 rings (SSSR count). The number of amides is 1.